The van der Waals surface area contributed by atoms with Crippen LogP contribution in [0.15, 0.2) is 28.7 Å². The summed E-state index contributed by atoms with van der Waals surface area (Å²) in [5.74, 6) is 0.939. The maximum absolute atomic E-state index is 10.7. The van der Waals surface area contributed by atoms with Crippen molar-refractivity contribution < 1.29 is 18.8 Å². The maximum Gasteiger partial charge on any atom is 0.433 e. The molecule has 0 N–H and O–H groups in total. The van der Waals surface area contributed by atoms with Gasteiger partial charge in [-0.05, 0) is 18.2 Å². The molecule has 8 heteroatoms. The van der Waals surface area contributed by atoms with E-state index in [2.05, 4.69) is 15.9 Å². The van der Waals surface area contributed by atoms with E-state index < -0.39 is 9.75 Å². The van der Waals surface area contributed by atoms with Crippen LogP contribution in [0.4, 0.5) is 5.88 Å². The second-order valence-corrected chi connectivity index (χ2v) is 5.29. The van der Waals surface area contributed by atoms with Gasteiger partial charge in [-0.25, -0.2) is 0 Å². The quantitative estimate of drug-likeness (QED) is 0.441. The lowest BCUT2D eigenvalue weighted by Gasteiger charge is -2.15. The van der Waals surface area contributed by atoms with Crippen LogP contribution in [0.25, 0.3) is 0 Å². The highest BCUT2D eigenvalue weighted by molar-refractivity contribution is 9.09. The fourth-order valence-electron chi connectivity index (χ4n) is 1.85. The van der Waals surface area contributed by atoms with E-state index >= 15 is 0 Å². The Bertz CT molecular complexity index is 673. The van der Waals surface area contributed by atoms with Crippen LogP contribution in [0.1, 0.15) is 16.2 Å². The standard InChI is InChI=1S/C13H11BrClNO5/c1-19-9-4-3-7(13(20-2)12(9)15)11(14)8-5-6-10(21-8)16(17)18/h3-6,11H,1-2H3. The van der Waals surface area contributed by atoms with Crippen LogP contribution >= 0.6 is 27.5 Å². The molecule has 1 atom stereocenters. The van der Waals surface area contributed by atoms with Gasteiger partial charge in [0.25, 0.3) is 0 Å². The van der Waals surface area contributed by atoms with Crippen molar-refractivity contribution in [3.8, 4) is 11.5 Å². The molecular weight excluding hydrogens is 366 g/mol. The van der Waals surface area contributed by atoms with Crippen molar-refractivity contribution in [2.24, 2.45) is 0 Å². The van der Waals surface area contributed by atoms with Crippen molar-refractivity contribution in [2.75, 3.05) is 14.2 Å². The minimum atomic E-state index is -0.596. The number of nitro groups is 1. The fourth-order valence-corrected chi connectivity index (χ4v) is 2.78. The van der Waals surface area contributed by atoms with Gasteiger partial charge in [0.15, 0.2) is 0 Å². The number of benzene rings is 1. The monoisotopic (exact) mass is 375 g/mol. The zero-order valence-corrected chi connectivity index (χ0v) is 13.5. The zero-order chi connectivity index (χ0) is 15.6. The molecule has 2 aromatic rings. The van der Waals surface area contributed by atoms with E-state index in [1.807, 2.05) is 0 Å². The van der Waals surface area contributed by atoms with E-state index in [1.54, 1.807) is 12.1 Å². The highest BCUT2D eigenvalue weighted by Gasteiger charge is 2.24. The van der Waals surface area contributed by atoms with E-state index in [0.29, 0.717) is 27.8 Å². The molecule has 0 saturated carbocycles. The van der Waals surface area contributed by atoms with Gasteiger partial charge >= 0.3 is 5.88 Å². The molecular formula is C13H11BrClNO5. The van der Waals surface area contributed by atoms with Crippen LogP contribution in [-0.2, 0) is 0 Å². The average Bonchev–Trinajstić information content (AvgIpc) is 2.96. The van der Waals surface area contributed by atoms with E-state index in [0.717, 1.165) is 0 Å². The van der Waals surface area contributed by atoms with E-state index in [9.17, 15) is 10.1 Å². The van der Waals surface area contributed by atoms with Crippen molar-refractivity contribution in [2.45, 2.75) is 4.83 Å². The van der Waals surface area contributed by atoms with Crippen LogP contribution in [-0.4, -0.2) is 19.1 Å². The van der Waals surface area contributed by atoms with Crippen molar-refractivity contribution in [1.29, 1.82) is 0 Å². The Hall–Kier alpha value is -1.73. The molecule has 1 aromatic heterocycles. The lowest BCUT2D eigenvalue weighted by atomic mass is 10.1. The molecule has 0 spiro atoms. The third-order valence-corrected chi connectivity index (χ3v) is 4.13. The molecule has 0 radical (unpaired) electrons. The lowest BCUT2D eigenvalue weighted by Crippen LogP contribution is -1.98. The summed E-state index contributed by atoms with van der Waals surface area (Å²) in [6.45, 7) is 0. The predicted molar refractivity (Wildman–Crippen MR) is 80.7 cm³/mol. The molecule has 0 bridgehead atoms. The van der Waals surface area contributed by atoms with Gasteiger partial charge in [0.05, 0.1) is 20.3 Å². The topological polar surface area (TPSA) is 74.7 Å². The predicted octanol–water partition coefficient (Wildman–Crippen LogP) is 4.34. The normalized spacial score (nSPS) is 12.0. The highest BCUT2D eigenvalue weighted by Crippen LogP contribution is 2.44. The van der Waals surface area contributed by atoms with Gasteiger partial charge in [-0.2, -0.15) is 0 Å². The molecule has 21 heavy (non-hydrogen) atoms. The lowest BCUT2D eigenvalue weighted by molar-refractivity contribution is -0.402. The fraction of sp³-hybridized carbons (Fsp3) is 0.231. The smallest absolute Gasteiger partial charge is 0.433 e. The van der Waals surface area contributed by atoms with E-state index in [-0.39, 0.29) is 5.88 Å². The number of nitrogens with zero attached hydrogens (tertiary/aromatic N) is 1. The largest absolute Gasteiger partial charge is 0.495 e. The number of furan rings is 1. The second kappa shape index (κ2) is 6.36. The Morgan fingerprint density at radius 1 is 1.29 bits per heavy atom. The molecule has 1 unspecified atom stereocenters. The second-order valence-electron chi connectivity index (χ2n) is 4.00. The minimum absolute atomic E-state index is 0.322. The summed E-state index contributed by atoms with van der Waals surface area (Å²) >= 11 is 9.62. The summed E-state index contributed by atoms with van der Waals surface area (Å²) in [5, 5.41) is 11.0. The molecule has 1 aromatic carbocycles. The number of alkyl halides is 1. The number of methoxy groups -OCH3 is 2. The molecule has 0 aliphatic heterocycles. The first-order valence-electron chi connectivity index (χ1n) is 5.78. The summed E-state index contributed by atoms with van der Waals surface area (Å²) in [5.41, 5.74) is 0.674. The van der Waals surface area contributed by atoms with Gasteiger partial charge in [0, 0.05) is 5.56 Å². The minimum Gasteiger partial charge on any atom is -0.495 e. The highest BCUT2D eigenvalue weighted by atomic mass is 79.9. The van der Waals surface area contributed by atoms with Crippen LogP contribution in [0.3, 0.4) is 0 Å². The zero-order valence-electron chi connectivity index (χ0n) is 11.1. The van der Waals surface area contributed by atoms with Crippen LogP contribution in [0.2, 0.25) is 5.02 Å². The summed E-state index contributed by atoms with van der Waals surface area (Å²) in [4.78, 5) is 9.63. The molecule has 0 fully saturated rings. The Labute approximate surface area is 133 Å². The first-order valence-corrected chi connectivity index (χ1v) is 7.07. The van der Waals surface area contributed by atoms with E-state index in [4.69, 9.17) is 25.5 Å². The van der Waals surface area contributed by atoms with Gasteiger partial charge in [0.2, 0.25) is 0 Å². The molecule has 0 saturated heterocycles. The molecule has 2 rings (SSSR count). The number of hydrogen-bond donors (Lipinski definition) is 0. The van der Waals surface area contributed by atoms with Gasteiger partial charge in [0.1, 0.15) is 32.0 Å². The molecule has 6 nitrogen and oxygen atoms in total. The third kappa shape index (κ3) is 2.98. The SMILES string of the molecule is COc1ccc(C(Br)c2ccc([N+](=O)[O-])o2)c(OC)c1Cl. The summed E-state index contributed by atoms with van der Waals surface area (Å²) in [7, 11) is 2.98. The van der Waals surface area contributed by atoms with Crippen LogP contribution < -0.4 is 9.47 Å². The number of halogens is 2. The van der Waals surface area contributed by atoms with Crippen molar-refractivity contribution in [3.63, 3.8) is 0 Å². The van der Waals surface area contributed by atoms with Gasteiger partial charge in [-0.3, -0.25) is 10.1 Å². The number of rotatable bonds is 5. The maximum atomic E-state index is 10.7. The van der Waals surface area contributed by atoms with Crippen molar-refractivity contribution in [3.05, 3.63) is 50.7 Å². The molecule has 0 aliphatic rings. The molecule has 0 amide bonds. The molecule has 112 valence electrons. The Morgan fingerprint density at radius 2 is 2.00 bits per heavy atom. The summed E-state index contributed by atoms with van der Waals surface area (Å²) < 4.78 is 15.6. The Morgan fingerprint density at radius 3 is 2.52 bits per heavy atom. The van der Waals surface area contributed by atoms with E-state index in [1.165, 1.54) is 26.4 Å². The summed E-state index contributed by atoms with van der Waals surface area (Å²) in [6, 6.07) is 6.25. The third-order valence-electron chi connectivity index (χ3n) is 2.83. The number of hydrogen-bond acceptors (Lipinski definition) is 5. The first kappa shape index (κ1) is 15.7. The van der Waals surface area contributed by atoms with Gasteiger partial charge in [-0.15, -0.1) is 0 Å². The Balaban J connectivity index is 2.44. The van der Waals surface area contributed by atoms with Gasteiger partial charge < -0.3 is 13.9 Å². The molecule has 0 aliphatic carbocycles. The van der Waals surface area contributed by atoms with Crippen LogP contribution in [0.5, 0.6) is 11.5 Å². The average molecular weight is 377 g/mol. The van der Waals surface area contributed by atoms with Crippen LogP contribution in [0, 0.1) is 10.1 Å². The summed E-state index contributed by atoms with van der Waals surface area (Å²) in [6.07, 6.45) is 0. The first-order chi connectivity index (χ1) is 9.99. The van der Waals surface area contributed by atoms with Crippen molar-refractivity contribution >= 4 is 33.4 Å². The Kier molecular flexibility index (Phi) is 4.74. The van der Waals surface area contributed by atoms with Gasteiger partial charge in [-0.1, -0.05) is 27.5 Å². The molecule has 1 heterocycles. The van der Waals surface area contributed by atoms with Crippen molar-refractivity contribution in [1.82, 2.24) is 0 Å². The number of ether oxygens (including phenoxy) is 2.